The first-order chi connectivity index (χ1) is 13.6. The minimum atomic E-state index is -0.928. The monoisotopic (exact) mass is 391 g/mol. The third-order valence-corrected chi connectivity index (χ3v) is 4.52. The molecular weight excluding hydrogens is 370 g/mol. The molecule has 0 unspecified atom stereocenters. The molecule has 28 heavy (non-hydrogen) atoms. The van der Waals surface area contributed by atoms with E-state index in [-0.39, 0.29) is 0 Å². The van der Waals surface area contributed by atoms with Crippen molar-refractivity contribution in [3.63, 3.8) is 0 Å². The van der Waals surface area contributed by atoms with Crippen LogP contribution in [0.1, 0.15) is 34.5 Å². The van der Waals surface area contributed by atoms with Gasteiger partial charge in [-0.3, -0.25) is 0 Å². The van der Waals surface area contributed by atoms with Gasteiger partial charge in [-0.15, -0.1) is 0 Å². The van der Waals surface area contributed by atoms with Gasteiger partial charge in [-0.1, -0.05) is 66.8 Å². The molecule has 142 valence electrons. The van der Waals surface area contributed by atoms with Crippen LogP contribution < -0.4 is 0 Å². The Morgan fingerprint density at radius 2 is 1.93 bits per heavy atom. The largest absolute Gasteiger partial charge is 0.478 e. The first-order valence-electron chi connectivity index (χ1n) is 9.01. The summed E-state index contributed by atoms with van der Waals surface area (Å²) in [5.74, 6) is 0.674. The van der Waals surface area contributed by atoms with Gasteiger partial charge in [-0.2, -0.15) is 5.10 Å². The number of thiocarbonyl (C=S) groups is 1. The van der Waals surface area contributed by atoms with E-state index in [9.17, 15) is 9.90 Å². The van der Waals surface area contributed by atoms with Gasteiger partial charge >= 0.3 is 5.97 Å². The Kier molecular flexibility index (Phi) is 6.45. The molecule has 2 aromatic carbocycles. The van der Waals surface area contributed by atoms with Crippen LogP contribution in [0.4, 0.5) is 0 Å². The molecule has 0 saturated heterocycles. The van der Waals surface area contributed by atoms with Gasteiger partial charge in [0.1, 0.15) is 5.82 Å². The summed E-state index contributed by atoms with van der Waals surface area (Å²) in [6.45, 7) is 2.64. The average molecular weight is 391 g/mol. The predicted octanol–water partition coefficient (Wildman–Crippen LogP) is 4.35. The summed E-state index contributed by atoms with van der Waals surface area (Å²) >= 11 is 4.92. The molecule has 0 radical (unpaired) electrons. The van der Waals surface area contributed by atoms with Gasteiger partial charge in [0.25, 0.3) is 0 Å². The third-order valence-electron chi connectivity index (χ3n) is 4.36. The molecule has 0 bridgehead atoms. The van der Waals surface area contributed by atoms with Crippen molar-refractivity contribution in [2.24, 2.45) is 0 Å². The van der Waals surface area contributed by atoms with Crippen LogP contribution in [0, 0.1) is 0 Å². The molecule has 1 aromatic heterocycles. The van der Waals surface area contributed by atoms with Gasteiger partial charge in [-0.25, -0.2) is 14.5 Å². The van der Waals surface area contributed by atoms with E-state index in [1.165, 1.54) is 0 Å². The molecule has 0 fully saturated rings. The van der Waals surface area contributed by atoms with Gasteiger partial charge < -0.3 is 5.11 Å². The topological polar surface area (TPSA) is 68.0 Å². The zero-order chi connectivity index (χ0) is 19.9. The van der Waals surface area contributed by atoms with Crippen LogP contribution in [-0.4, -0.2) is 31.2 Å². The minimum absolute atomic E-state index is 0.297. The lowest BCUT2D eigenvalue weighted by Crippen LogP contribution is -2.05. The van der Waals surface area contributed by atoms with Gasteiger partial charge in [0.15, 0.2) is 5.82 Å². The highest BCUT2D eigenvalue weighted by Gasteiger charge is 2.12. The Hall–Kier alpha value is -3.12. The van der Waals surface area contributed by atoms with Crippen LogP contribution in [0.2, 0.25) is 0 Å². The summed E-state index contributed by atoms with van der Waals surface area (Å²) in [5.41, 5.74) is 2.96. The van der Waals surface area contributed by atoms with Crippen molar-refractivity contribution >= 4 is 23.6 Å². The van der Waals surface area contributed by atoms with Crippen molar-refractivity contribution in [3.8, 4) is 11.1 Å². The maximum atomic E-state index is 11.4. The lowest BCUT2D eigenvalue weighted by Gasteiger charge is -2.08. The lowest BCUT2D eigenvalue weighted by atomic mass is 9.98. The molecule has 0 aliphatic rings. The Morgan fingerprint density at radius 1 is 1.18 bits per heavy atom. The van der Waals surface area contributed by atoms with Crippen LogP contribution in [-0.2, 0) is 19.4 Å². The minimum Gasteiger partial charge on any atom is -0.478 e. The summed E-state index contributed by atoms with van der Waals surface area (Å²) in [5, 5.41) is 15.5. The molecule has 5 nitrogen and oxygen atoms in total. The number of hydrogen-bond acceptors (Lipinski definition) is 4. The van der Waals surface area contributed by atoms with E-state index in [4.69, 9.17) is 12.2 Å². The number of carboxylic acid groups (broad SMARTS) is 1. The van der Waals surface area contributed by atoms with Crippen LogP contribution in [0.15, 0.2) is 60.7 Å². The second-order valence-electron chi connectivity index (χ2n) is 6.29. The van der Waals surface area contributed by atoms with Crippen LogP contribution >= 0.6 is 12.2 Å². The van der Waals surface area contributed by atoms with E-state index < -0.39 is 5.97 Å². The fourth-order valence-corrected chi connectivity index (χ4v) is 3.12. The Labute approximate surface area is 169 Å². The fraction of sp³-hybridized carbons (Fsp3) is 0.182. The molecule has 3 rings (SSSR count). The molecule has 0 amide bonds. The zero-order valence-electron chi connectivity index (χ0n) is 15.6. The first-order valence-corrected chi connectivity index (χ1v) is 9.48. The van der Waals surface area contributed by atoms with Gasteiger partial charge in [0.2, 0.25) is 0 Å². The molecule has 1 heterocycles. The standard InChI is InChI=1S/C22H21N3O2S/c1-2-3-13-25-21(23-20(24-25)12-14-28)15-16-8-10-17(11-9-16)18-6-4-5-7-19(18)22(26)27/h2-11,14H,12-13,15H2,1H3,(H,26,27). The van der Waals surface area contributed by atoms with Crippen molar-refractivity contribution in [1.82, 2.24) is 14.8 Å². The molecule has 3 aromatic rings. The first kappa shape index (κ1) is 19.6. The normalized spacial score (nSPS) is 11.0. The number of hydrogen-bond donors (Lipinski definition) is 1. The highest BCUT2D eigenvalue weighted by atomic mass is 32.1. The zero-order valence-corrected chi connectivity index (χ0v) is 16.4. The second kappa shape index (κ2) is 9.19. The molecule has 0 saturated carbocycles. The summed E-state index contributed by atoms with van der Waals surface area (Å²) in [6, 6.07) is 14.9. The van der Waals surface area contributed by atoms with Crippen LogP contribution in [0.5, 0.6) is 0 Å². The maximum Gasteiger partial charge on any atom is 0.336 e. The van der Waals surface area contributed by atoms with Gasteiger partial charge in [-0.05, 0) is 35.0 Å². The van der Waals surface area contributed by atoms with E-state index in [1.54, 1.807) is 17.5 Å². The molecule has 0 aliphatic carbocycles. The van der Waals surface area contributed by atoms with Crippen molar-refractivity contribution in [2.45, 2.75) is 26.3 Å². The Morgan fingerprint density at radius 3 is 2.61 bits per heavy atom. The summed E-state index contributed by atoms with van der Waals surface area (Å²) in [6.07, 6.45) is 5.23. The highest BCUT2D eigenvalue weighted by Crippen LogP contribution is 2.24. The van der Waals surface area contributed by atoms with Crippen molar-refractivity contribution in [2.75, 3.05) is 0 Å². The average Bonchev–Trinajstić information content (AvgIpc) is 3.08. The lowest BCUT2D eigenvalue weighted by molar-refractivity contribution is 0.0697. The Balaban J connectivity index is 1.85. The second-order valence-corrected chi connectivity index (χ2v) is 6.62. The van der Waals surface area contributed by atoms with E-state index in [0.717, 1.165) is 22.8 Å². The highest BCUT2D eigenvalue weighted by molar-refractivity contribution is 7.78. The summed E-state index contributed by atoms with van der Waals surface area (Å²) in [4.78, 5) is 16.1. The predicted molar refractivity (Wildman–Crippen MR) is 114 cm³/mol. The number of benzene rings is 2. The Bertz CT molecular complexity index is 1010. The van der Waals surface area contributed by atoms with E-state index in [0.29, 0.717) is 30.5 Å². The SMILES string of the molecule is CC=CCn1nc(CC=S)nc1Cc1ccc(-c2ccccc2C(=O)O)cc1. The molecular formula is C22H21N3O2S. The molecule has 1 N–H and O–H groups in total. The number of carboxylic acids is 1. The van der Waals surface area contributed by atoms with Crippen molar-refractivity contribution in [3.05, 3.63) is 83.5 Å². The number of aromatic nitrogens is 3. The van der Waals surface area contributed by atoms with Crippen LogP contribution in [0.25, 0.3) is 11.1 Å². The van der Waals surface area contributed by atoms with E-state index in [2.05, 4.69) is 10.1 Å². The molecule has 0 spiro atoms. The van der Waals surface area contributed by atoms with Crippen molar-refractivity contribution < 1.29 is 9.90 Å². The van der Waals surface area contributed by atoms with E-state index in [1.807, 2.05) is 60.2 Å². The van der Waals surface area contributed by atoms with E-state index >= 15 is 0 Å². The maximum absolute atomic E-state index is 11.4. The quantitative estimate of drug-likeness (QED) is 0.457. The third kappa shape index (κ3) is 4.58. The number of rotatable bonds is 8. The fourth-order valence-electron chi connectivity index (χ4n) is 2.98. The smallest absolute Gasteiger partial charge is 0.336 e. The molecule has 0 aliphatic heterocycles. The van der Waals surface area contributed by atoms with Crippen LogP contribution in [0.3, 0.4) is 0 Å². The van der Waals surface area contributed by atoms with Gasteiger partial charge in [0, 0.05) is 12.8 Å². The number of carbonyl (C=O) groups is 1. The molecule has 6 heteroatoms. The molecule has 0 atom stereocenters. The summed E-state index contributed by atoms with van der Waals surface area (Å²) in [7, 11) is 0. The number of aromatic carboxylic acids is 1. The van der Waals surface area contributed by atoms with Crippen molar-refractivity contribution in [1.29, 1.82) is 0 Å². The number of allylic oxidation sites excluding steroid dienone is 2. The van der Waals surface area contributed by atoms with Gasteiger partial charge in [0.05, 0.1) is 12.1 Å². The summed E-state index contributed by atoms with van der Waals surface area (Å²) < 4.78 is 1.89. The number of nitrogens with zero attached hydrogens (tertiary/aromatic N) is 3.